The maximum absolute atomic E-state index is 14.7. The summed E-state index contributed by atoms with van der Waals surface area (Å²) in [5, 5.41) is 3.49. The molecule has 1 aromatic heterocycles. The number of rotatable bonds is 8. The van der Waals surface area contributed by atoms with Gasteiger partial charge < -0.3 is 15.1 Å². The van der Waals surface area contributed by atoms with Crippen LogP contribution in [0.4, 0.5) is 15.8 Å². The summed E-state index contributed by atoms with van der Waals surface area (Å²) in [7, 11) is 4.02. The van der Waals surface area contributed by atoms with Gasteiger partial charge in [0.1, 0.15) is 11.6 Å². The summed E-state index contributed by atoms with van der Waals surface area (Å²) in [5.74, 6) is 0.251. The van der Waals surface area contributed by atoms with Crippen LogP contribution in [-0.2, 0) is 6.54 Å². The van der Waals surface area contributed by atoms with Gasteiger partial charge in [0.25, 0.3) is 5.56 Å². The number of nitrogens with zero attached hydrogens (tertiary/aromatic N) is 4. The van der Waals surface area contributed by atoms with E-state index in [4.69, 9.17) is 4.98 Å². The molecular formula is C26H32FN5O. The third-order valence-electron chi connectivity index (χ3n) is 6.32. The lowest BCUT2D eigenvalue weighted by Crippen LogP contribution is -2.28. The average molecular weight is 450 g/mol. The fraction of sp³-hybridized carbons (Fsp3) is 0.385. The Morgan fingerprint density at radius 1 is 1.15 bits per heavy atom. The van der Waals surface area contributed by atoms with Crippen LogP contribution in [0.1, 0.15) is 31.7 Å². The van der Waals surface area contributed by atoms with Crippen molar-refractivity contribution in [1.29, 1.82) is 0 Å². The minimum atomic E-state index is -0.420. The van der Waals surface area contributed by atoms with Gasteiger partial charge in [-0.25, -0.2) is 9.37 Å². The maximum atomic E-state index is 14.7. The zero-order chi connectivity index (χ0) is 23.5. The van der Waals surface area contributed by atoms with E-state index in [1.165, 1.54) is 6.07 Å². The lowest BCUT2D eigenvalue weighted by atomic mass is 10.1. The summed E-state index contributed by atoms with van der Waals surface area (Å²) in [6.45, 7) is 8.14. The molecule has 33 heavy (non-hydrogen) atoms. The van der Waals surface area contributed by atoms with Crippen molar-refractivity contribution in [2.45, 2.75) is 26.8 Å². The monoisotopic (exact) mass is 449 g/mol. The summed E-state index contributed by atoms with van der Waals surface area (Å²) in [6.07, 6.45) is 2.81. The lowest BCUT2D eigenvalue weighted by molar-refractivity contribution is 0.316. The highest BCUT2D eigenvalue weighted by atomic mass is 19.1. The van der Waals surface area contributed by atoms with E-state index in [2.05, 4.69) is 59.3 Å². The first-order valence-electron chi connectivity index (χ1n) is 11.6. The van der Waals surface area contributed by atoms with Gasteiger partial charge in [0.2, 0.25) is 0 Å². The topological polar surface area (TPSA) is 53.4 Å². The predicted octanol–water partition coefficient (Wildman–Crippen LogP) is 4.30. The second kappa shape index (κ2) is 9.75. The van der Waals surface area contributed by atoms with Crippen LogP contribution in [0.15, 0.2) is 41.2 Å². The summed E-state index contributed by atoms with van der Waals surface area (Å²) in [4.78, 5) is 22.2. The van der Waals surface area contributed by atoms with Crippen molar-refractivity contribution >= 4 is 33.9 Å². The smallest absolute Gasteiger partial charge is 0.261 e. The molecule has 0 saturated carbocycles. The summed E-state index contributed by atoms with van der Waals surface area (Å²) >= 11 is 0. The van der Waals surface area contributed by atoms with Gasteiger partial charge in [0, 0.05) is 39.4 Å². The first-order chi connectivity index (χ1) is 15.9. The van der Waals surface area contributed by atoms with Crippen molar-refractivity contribution in [2.75, 3.05) is 50.5 Å². The maximum Gasteiger partial charge on any atom is 0.261 e. The molecule has 6 nitrogen and oxygen atoms in total. The summed E-state index contributed by atoms with van der Waals surface area (Å²) in [5.41, 5.74) is 3.94. The Bertz CT molecular complexity index is 1230. The molecule has 1 aliphatic heterocycles. The summed E-state index contributed by atoms with van der Waals surface area (Å²) < 4.78 is 16.4. The van der Waals surface area contributed by atoms with E-state index in [0.717, 1.165) is 42.9 Å². The highest BCUT2D eigenvalue weighted by Gasteiger charge is 2.22. The second-order valence-corrected chi connectivity index (χ2v) is 8.60. The molecule has 0 unspecified atom stereocenters. The molecule has 1 aliphatic rings. The van der Waals surface area contributed by atoms with Crippen molar-refractivity contribution in [2.24, 2.45) is 0 Å². The van der Waals surface area contributed by atoms with Crippen molar-refractivity contribution < 1.29 is 4.39 Å². The Kier molecular flexibility index (Phi) is 6.79. The Morgan fingerprint density at radius 3 is 2.55 bits per heavy atom. The molecule has 0 atom stereocenters. The molecule has 0 amide bonds. The molecule has 2 heterocycles. The Hall–Kier alpha value is -3.19. The van der Waals surface area contributed by atoms with E-state index in [9.17, 15) is 9.18 Å². The molecule has 0 saturated heterocycles. The molecule has 0 fully saturated rings. The minimum Gasteiger partial charge on any atom is -0.381 e. The number of likely N-dealkylation sites (N-methyl/N-ethyl adjacent to an activating group) is 1. The molecule has 0 radical (unpaired) electrons. The van der Waals surface area contributed by atoms with E-state index in [0.29, 0.717) is 35.5 Å². The predicted molar refractivity (Wildman–Crippen MR) is 135 cm³/mol. The van der Waals surface area contributed by atoms with Crippen LogP contribution >= 0.6 is 0 Å². The molecule has 0 spiro atoms. The van der Waals surface area contributed by atoms with E-state index >= 15 is 0 Å². The number of benzene rings is 2. The van der Waals surface area contributed by atoms with Gasteiger partial charge in [-0.15, -0.1) is 0 Å². The van der Waals surface area contributed by atoms with Gasteiger partial charge >= 0.3 is 0 Å². The first kappa shape index (κ1) is 23.0. The number of hydrogen-bond acceptors (Lipinski definition) is 5. The third-order valence-corrected chi connectivity index (χ3v) is 6.32. The number of hydrogen-bond donors (Lipinski definition) is 1. The molecular weight excluding hydrogens is 417 g/mol. The number of anilines is 2. The van der Waals surface area contributed by atoms with Crippen LogP contribution in [0.5, 0.6) is 0 Å². The zero-order valence-electron chi connectivity index (χ0n) is 19.9. The molecule has 0 aliphatic carbocycles. The van der Waals surface area contributed by atoms with Crippen LogP contribution in [0, 0.1) is 5.82 Å². The van der Waals surface area contributed by atoms with Crippen LogP contribution in [0.3, 0.4) is 0 Å². The van der Waals surface area contributed by atoms with E-state index < -0.39 is 5.82 Å². The molecule has 2 aromatic carbocycles. The molecule has 7 heteroatoms. The third kappa shape index (κ3) is 4.78. The fourth-order valence-corrected chi connectivity index (χ4v) is 4.27. The molecule has 174 valence electrons. The lowest BCUT2D eigenvalue weighted by Gasteiger charge is -2.18. The quantitative estimate of drug-likeness (QED) is 0.556. The molecule has 4 rings (SSSR count). The van der Waals surface area contributed by atoms with E-state index in [-0.39, 0.29) is 5.56 Å². The summed E-state index contributed by atoms with van der Waals surface area (Å²) in [6, 6.07) is 11.3. The van der Waals surface area contributed by atoms with Crippen LogP contribution in [0.2, 0.25) is 0 Å². The minimum absolute atomic E-state index is 0.185. The van der Waals surface area contributed by atoms with Gasteiger partial charge in [-0.3, -0.25) is 9.36 Å². The van der Waals surface area contributed by atoms with Crippen molar-refractivity contribution in [1.82, 2.24) is 14.5 Å². The number of allylic oxidation sites excluding steroid dienone is 1. The van der Waals surface area contributed by atoms with Crippen molar-refractivity contribution in [3.8, 4) is 0 Å². The van der Waals surface area contributed by atoms with Gasteiger partial charge in [0.15, 0.2) is 0 Å². The average Bonchev–Trinajstić information content (AvgIpc) is 3.20. The first-order valence-corrected chi connectivity index (χ1v) is 11.6. The number of fused-ring (bicyclic) bond motifs is 2. The van der Waals surface area contributed by atoms with Crippen LogP contribution in [0.25, 0.3) is 22.6 Å². The van der Waals surface area contributed by atoms with Gasteiger partial charge in [-0.2, -0.15) is 0 Å². The molecule has 3 aromatic rings. The van der Waals surface area contributed by atoms with Crippen LogP contribution < -0.4 is 15.8 Å². The van der Waals surface area contributed by atoms with Crippen molar-refractivity contribution in [3.05, 3.63) is 64.0 Å². The SMILES string of the molecule is CCN(CC)CCNc1cc2nc3n(c(=O)c2cc1F)CC/C3=C\c1ccc(N(C)C)cc1. The number of halogens is 1. The fourth-order valence-electron chi connectivity index (χ4n) is 4.27. The van der Waals surface area contributed by atoms with Gasteiger partial charge in [-0.05, 0) is 61.0 Å². The Balaban J connectivity index is 1.65. The Morgan fingerprint density at radius 2 is 1.88 bits per heavy atom. The highest BCUT2D eigenvalue weighted by Crippen LogP contribution is 2.29. The molecule has 0 bridgehead atoms. The second-order valence-electron chi connectivity index (χ2n) is 8.60. The number of nitrogens with one attached hydrogen (secondary N) is 1. The zero-order valence-corrected chi connectivity index (χ0v) is 19.9. The van der Waals surface area contributed by atoms with Crippen molar-refractivity contribution in [3.63, 3.8) is 0 Å². The number of aromatic nitrogens is 2. The van der Waals surface area contributed by atoms with Gasteiger partial charge in [0.05, 0.1) is 16.6 Å². The molecule has 1 N–H and O–H groups in total. The van der Waals surface area contributed by atoms with Crippen LogP contribution in [-0.4, -0.2) is 54.7 Å². The normalized spacial score (nSPS) is 14.3. The Labute approximate surface area is 194 Å². The van der Waals surface area contributed by atoms with E-state index in [1.807, 2.05) is 14.1 Å². The largest absolute Gasteiger partial charge is 0.381 e. The highest BCUT2D eigenvalue weighted by molar-refractivity contribution is 5.86. The van der Waals surface area contributed by atoms with E-state index in [1.54, 1.807) is 10.6 Å². The standard InChI is InChI=1S/C26H32FN5O/c1-5-31(6-2)14-12-28-24-17-23-21(16-22(24)27)26(33)32-13-11-19(25(32)29-23)15-18-7-9-20(10-8-18)30(3)4/h7-10,15-17,28H,5-6,11-14H2,1-4H3/b19-15+. The van der Waals surface area contributed by atoms with Gasteiger partial charge in [-0.1, -0.05) is 26.0 Å².